The second kappa shape index (κ2) is 10.7. The molecule has 7 heteroatoms. The fraction of sp³-hybridized carbons (Fsp3) is 0.130. The van der Waals surface area contributed by atoms with Crippen LogP contribution in [-0.4, -0.2) is 17.1 Å². The summed E-state index contributed by atoms with van der Waals surface area (Å²) < 4.78 is 0.956. The highest BCUT2D eigenvalue weighted by Gasteiger charge is 2.15. The third kappa shape index (κ3) is 6.90. The van der Waals surface area contributed by atoms with Crippen molar-refractivity contribution >= 4 is 62.5 Å². The minimum absolute atomic E-state index is 0.0838. The minimum atomic E-state index is -0.298. The SMILES string of the molecule is CC(Sc1cccc(NC(=O)Cc2ccc(Cl)cc2)c1)C(=O)Nc1ccc(Br)cc1. The first-order valence-corrected chi connectivity index (χ1v) is 11.3. The monoisotopic (exact) mass is 502 g/mol. The van der Waals surface area contributed by atoms with E-state index in [1.807, 2.05) is 67.6 Å². The fourth-order valence-corrected chi connectivity index (χ4v) is 3.99. The summed E-state index contributed by atoms with van der Waals surface area (Å²) in [5, 5.41) is 6.15. The number of nitrogens with one attached hydrogen (secondary N) is 2. The number of carbonyl (C=O) groups excluding carboxylic acids is 2. The molecule has 0 aliphatic heterocycles. The van der Waals surface area contributed by atoms with Crippen LogP contribution in [-0.2, 0) is 16.0 Å². The van der Waals surface area contributed by atoms with E-state index in [4.69, 9.17) is 11.6 Å². The predicted octanol–water partition coefficient (Wildman–Crippen LogP) is 6.40. The molecule has 4 nitrogen and oxygen atoms in total. The Morgan fingerprint density at radius 3 is 2.37 bits per heavy atom. The molecule has 0 spiro atoms. The molecule has 2 amide bonds. The quantitative estimate of drug-likeness (QED) is 0.367. The van der Waals surface area contributed by atoms with Crippen molar-refractivity contribution in [2.75, 3.05) is 10.6 Å². The van der Waals surface area contributed by atoms with E-state index >= 15 is 0 Å². The number of hydrogen-bond acceptors (Lipinski definition) is 3. The number of hydrogen-bond donors (Lipinski definition) is 2. The van der Waals surface area contributed by atoms with Gasteiger partial charge in [0.25, 0.3) is 0 Å². The average Bonchev–Trinajstić information content (AvgIpc) is 2.71. The standard InChI is InChI=1S/C23H20BrClN2O2S/c1-15(23(29)27-19-11-7-17(24)8-12-19)30-21-4-2-3-20(14-21)26-22(28)13-16-5-9-18(25)10-6-16/h2-12,14-15H,13H2,1H3,(H,26,28)(H,27,29). The summed E-state index contributed by atoms with van der Waals surface area (Å²) in [4.78, 5) is 25.7. The molecule has 0 aliphatic carbocycles. The lowest BCUT2D eigenvalue weighted by molar-refractivity contribution is -0.116. The van der Waals surface area contributed by atoms with Crippen LogP contribution in [0.3, 0.4) is 0 Å². The summed E-state index contributed by atoms with van der Waals surface area (Å²) >= 11 is 10.7. The Morgan fingerprint density at radius 2 is 1.67 bits per heavy atom. The fourth-order valence-electron chi connectivity index (χ4n) is 2.67. The highest BCUT2D eigenvalue weighted by Crippen LogP contribution is 2.27. The van der Waals surface area contributed by atoms with E-state index in [9.17, 15) is 9.59 Å². The number of benzene rings is 3. The lowest BCUT2D eigenvalue weighted by atomic mass is 10.1. The molecule has 0 radical (unpaired) electrons. The molecule has 3 rings (SSSR count). The number of carbonyl (C=O) groups is 2. The second-order valence-electron chi connectivity index (χ2n) is 6.64. The van der Waals surface area contributed by atoms with Crippen molar-refractivity contribution in [3.8, 4) is 0 Å². The molecule has 2 N–H and O–H groups in total. The van der Waals surface area contributed by atoms with Gasteiger partial charge in [-0.1, -0.05) is 45.7 Å². The van der Waals surface area contributed by atoms with Crippen molar-refractivity contribution in [2.24, 2.45) is 0 Å². The first kappa shape index (κ1) is 22.4. The van der Waals surface area contributed by atoms with Gasteiger partial charge in [-0.05, 0) is 67.1 Å². The molecule has 0 heterocycles. The highest BCUT2D eigenvalue weighted by molar-refractivity contribution is 9.10. The van der Waals surface area contributed by atoms with Crippen LogP contribution in [0.2, 0.25) is 5.02 Å². The van der Waals surface area contributed by atoms with E-state index in [-0.39, 0.29) is 23.5 Å². The van der Waals surface area contributed by atoms with Crippen LogP contribution in [0.15, 0.2) is 82.2 Å². The first-order chi connectivity index (χ1) is 14.4. The molecule has 0 bridgehead atoms. The maximum absolute atomic E-state index is 12.5. The summed E-state index contributed by atoms with van der Waals surface area (Å²) in [6.45, 7) is 1.85. The highest BCUT2D eigenvalue weighted by atomic mass is 79.9. The van der Waals surface area contributed by atoms with Gasteiger partial charge in [-0.3, -0.25) is 9.59 Å². The minimum Gasteiger partial charge on any atom is -0.326 e. The molecule has 3 aromatic rings. The third-order valence-corrected chi connectivity index (χ3v) is 6.06. The molecule has 0 fully saturated rings. The van der Waals surface area contributed by atoms with Gasteiger partial charge in [0.1, 0.15) is 0 Å². The molecular weight excluding hydrogens is 484 g/mol. The van der Waals surface area contributed by atoms with Crippen LogP contribution in [0.4, 0.5) is 11.4 Å². The molecule has 0 aromatic heterocycles. The zero-order valence-corrected chi connectivity index (χ0v) is 19.4. The van der Waals surface area contributed by atoms with Crippen molar-refractivity contribution in [3.05, 3.63) is 87.9 Å². The molecule has 1 atom stereocenters. The smallest absolute Gasteiger partial charge is 0.237 e. The van der Waals surface area contributed by atoms with Crippen LogP contribution < -0.4 is 10.6 Å². The van der Waals surface area contributed by atoms with Gasteiger partial charge in [-0.15, -0.1) is 11.8 Å². The largest absolute Gasteiger partial charge is 0.326 e. The maximum Gasteiger partial charge on any atom is 0.237 e. The van der Waals surface area contributed by atoms with E-state index in [0.29, 0.717) is 10.7 Å². The topological polar surface area (TPSA) is 58.2 Å². The van der Waals surface area contributed by atoms with Gasteiger partial charge in [0.15, 0.2) is 0 Å². The van der Waals surface area contributed by atoms with Crippen LogP contribution in [0, 0.1) is 0 Å². The molecule has 0 saturated carbocycles. The summed E-state index contributed by atoms with van der Waals surface area (Å²) in [5.74, 6) is -0.194. The number of anilines is 2. The normalized spacial score (nSPS) is 11.6. The lowest BCUT2D eigenvalue weighted by Gasteiger charge is -2.13. The van der Waals surface area contributed by atoms with Gasteiger partial charge < -0.3 is 10.6 Å². The van der Waals surface area contributed by atoms with E-state index in [2.05, 4.69) is 26.6 Å². The van der Waals surface area contributed by atoms with Gasteiger partial charge in [-0.2, -0.15) is 0 Å². The predicted molar refractivity (Wildman–Crippen MR) is 128 cm³/mol. The van der Waals surface area contributed by atoms with Crippen molar-refractivity contribution in [1.29, 1.82) is 0 Å². The molecule has 154 valence electrons. The summed E-state index contributed by atoms with van der Waals surface area (Å²) in [6, 6.07) is 22.1. The van der Waals surface area contributed by atoms with Gasteiger partial charge in [0, 0.05) is 25.8 Å². The van der Waals surface area contributed by atoms with Gasteiger partial charge in [0.05, 0.1) is 11.7 Å². The zero-order valence-electron chi connectivity index (χ0n) is 16.2. The number of halogens is 2. The molecule has 1 unspecified atom stereocenters. The van der Waals surface area contributed by atoms with Crippen LogP contribution in [0.1, 0.15) is 12.5 Å². The Hall–Kier alpha value is -2.28. The second-order valence-corrected chi connectivity index (χ2v) is 9.40. The Labute approximate surface area is 193 Å². The number of thioether (sulfide) groups is 1. The molecule has 0 aliphatic rings. The molecule has 0 saturated heterocycles. The van der Waals surface area contributed by atoms with Crippen molar-refractivity contribution in [1.82, 2.24) is 0 Å². The van der Waals surface area contributed by atoms with Crippen molar-refractivity contribution < 1.29 is 9.59 Å². The Kier molecular flexibility index (Phi) is 7.96. The van der Waals surface area contributed by atoms with Crippen LogP contribution in [0.5, 0.6) is 0 Å². The summed E-state index contributed by atoms with van der Waals surface area (Å²) in [6.07, 6.45) is 0.264. The van der Waals surface area contributed by atoms with Gasteiger partial charge >= 0.3 is 0 Å². The van der Waals surface area contributed by atoms with Crippen molar-refractivity contribution in [2.45, 2.75) is 23.5 Å². The van der Waals surface area contributed by atoms with Gasteiger partial charge in [-0.25, -0.2) is 0 Å². The number of amides is 2. The van der Waals surface area contributed by atoms with Crippen molar-refractivity contribution in [3.63, 3.8) is 0 Å². The third-order valence-electron chi connectivity index (χ3n) is 4.19. The maximum atomic E-state index is 12.5. The summed E-state index contributed by atoms with van der Waals surface area (Å²) in [7, 11) is 0. The Morgan fingerprint density at radius 1 is 0.967 bits per heavy atom. The Balaban J connectivity index is 1.56. The van der Waals surface area contributed by atoms with Gasteiger partial charge in [0.2, 0.25) is 11.8 Å². The number of rotatable bonds is 7. The summed E-state index contributed by atoms with van der Waals surface area (Å²) in [5.41, 5.74) is 2.33. The first-order valence-electron chi connectivity index (χ1n) is 9.26. The lowest BCUT2D eigenvalue weighted by Crippen LogP contribution is -2.22. The molecule has 3 aromatic carbocycles. The zero-order chi connectivity index (χ0) is 21.5. The molecular formula is C23H20BrClN2O2S. The molecule has 30 heavy (non-hydrogen) atoms. The van der Waals surface area contributed by atoms with Crippen LogP contribution >= 0.6 is 39.3 Å². The average molecular weight is 504 g/mol. The van der Waals surface area contributed by atoms with E-state index in [0.717, 1.165) is 20.6 Å². The van der Waals surface area contributed by atoms with E-state index < -0.39 is 0 Å². The van der Waals surface area contributed by atoms with E-state index in [1.165, 1.54) is 11.8 Å². The van der Waals surface area contributed by atoms with E-state index in [1.54, 1.807) is 12.1 Å². The van der Waals surface area contributed by atoms with Crippen LogP contribution in [0.25, 0.3) is 0 Å². The Bertz CT molecular complexity index is 1030.